The van der Waals surface area contributed by atoms with E-state index in [1.165, 1.54) is 5.75 Å². The molecule has 0 spiro atoms. The molecule has 2 atom stereocenters. The Bertz CT molecular complexity index is 449. The van der Waals surface area contributed by atoms with Crippen LogP contribution in [0.15, 0.2) is 4.79 Å². The number of hydrogen-bond donors (Lipinski definition) is 1. The summed E-state index contributed by atoms with van der Waals surface area (Å²) in [6, 6.07) is 0. The maximum Gasteiger partial charge on any atom is 0.264 e. The van der Waals surface area contributed by atoms with Crippen LogP contribution in [0.1, 0.15) is 23.7 Å². The average molecular weight is 368 g/mol. The second kappa shape index (κ2) is 5.30. The van der Waals surface area contributed by atoms with Gasteiger partial charge in [0.25, 0.3) is 5.56 Å². The number of nitrogens with zero attached hydrogens (tertiary/aromatic N) is 1. The number of rotatable bonds is 1. The molecule has 1 aromatic rings. The predicted molar refractivity (Wildman–Crippen MR) is 79.4 cm³/mol. The van der Waals surface area contributed by atoms with Crippen molar-refractivity contribution in [2.75, 3.05) is 11.5 Å². The normalized spacial score (nSPS) is 25.7. The molecular formula is C10H13IN2OS2. The highest BCUT2D eigenvalue weighted by Crippen LogP contribution is 2.40. The minimum atomic E-state index is -0.00789. The van der Waals surface area contributed by atoms with Crippen molar-refractivity contribution in [3.05, 3.63) is 25.4 Å². The molecule has 0 aliphatic carbocycles. The van der Waals surface area contributed by atoms with Gasteiger partial charge in [-0.2, -0.15) is 11.8 Å². The number of H-pyrrole nitrogens is 1. The summed E-state index contributed by atoms with van der Waals surface area (Å²) in [6.07, 6.45) is 0. The number of aromatic nitrogens is 2. The Morgan fingerprint density at radius 3 is 2.75 bits per heavy atom. The van der Waals surface area contributed by atoms with Crippen LogP contribution in [-0.2, 0) is 0 Å². The van der Waals surface area contributed by atoms with Crippen molar-refractivity contribution in [1.82, 2.24) is 9.97 Å². The van der Waals surface area contributed by atoms with Gasteiger partial charge < -0.3 is 4.98 Å². The van der Waals surface area contributed by atoms with Crippen molar-refractivity contribution in [1.29, 1.82) is 0 Å². The van der Waals surface area contributed by atoms with Gasteiger partial charge in [-0.3, -0.25) is 4.79 Å². The van der Waals surface area contributed by atoms with Gasteiger partial charge in [-0.15, -0.1) is 11.8 Å². The number of nitrogens with one attached hydrogen (secondary N) is 1. The minimum Gasteiger partial charge on any atom is -0.309 e. The van der Waals surface area contributed by atoms with E-state index in [2.05, 4.69) is 16.9 Å². The van der Waals surface area contributed by atoms with Gasteiger partial charge in [0, 0.05) is 16.8 Å². The summed E-state index contributed by atoms with van der Waals surface area (Å²) in [7, 11) is 0. The molecule has 1 N–H and O–H groups in total. The molecule has 0 amide bonds. The molecule has 0 radical (unpaired) electrons. The summed E-state index contributed by atoms with van der Waals surface area (Å²) in [4.78, 5) is 19.1. The maximum atomic E-state index is 11.7. The Morgan fingerprint density at radius 2 is 2.12 bits per heavy atom. The number of hydrogen-bond acceptors (Lipinski definition) is 4. The van der Waals surface area contributed by atoms with E-state index in [-0.39, 0.29) is 5.56 Å². The minimum absolute atomic E-state index is 0.00789. The van der Waals surface area contributed by atoms with E-state index in [0.29, 0.717) is 14.1 Å². The van der Waals surface area contributed by atoms with E-state index in [1.807, 2.05) is 53.0 Å². The Hall–Kier alpha value is 0.310. The number of aryl methyl sites for hydroxylation is 1. The summed E-state index contributed by atoms with van der Waals surface area (Å²) in [5.41, 5.74) is 0.828. The van der Waals surface area contributed by atoms with Gasteiger partial charge in [-0.25, -0.2) is 4.98 Å². The Morgan fingerprint density at radius 1 is 1.44 bits per heavy atom. The van der Waals surface area contributed by atoms with Crippen LogP contribution >= 0.6 is 46.1 Å². The van der Waals surface area contributed by atoms with Crippen LogP contribution in [0.5, 0.6) is 0 Å². The van der Waals surface area contributed by atoms with E-state index < -0.39 is 0 Å². The van der Waals surface area contributed by atoms with Crippen LogP contribution in [0, 0.1) is 10.5 Å². The van der Waals surface area contributed by atoms with Crippen molar-refractivity contribution in [3.63, 3.8) is 0 Å². The first-order chi connectivity index (χ1) is 7.59. The molecule has 1 aromatic heterocycles. The standard InChI is InChI=1S/C10H13IN2OS2/c1-5-7(11)10(14)13-9(12-5)8-6(2)15-3-4-16-8/h6,8H,3-4H2,1-2H3,(H,12,13,14). The molecule has 6 heteroatoms. The average Bonchev–Trinajstić information content (AvgIpc) is 2.26. The third kappa shape index (κ3) is 2.59. The van der Waals surface area contributed by atoms with Crippen molar-refractivity contribution in [3.8, 4) is 0 Å². The van der Waals surface area contributed by atoms with Crippen molar-refractivity contribution in [2.24, 2.45) is 0 Å². The third-order valence-electron chi connectivity index (χ3n) is 2.50. The molecule has 2 heterocycles. The Kier molecular flexibility index (Phi) is 4.23. The van der Waals surface area contributed by atoms with Crippen LogP contribution in [0.2, 0.25) is 0 Å². The smallest absolute Gasteiger partial charge is 0.264 e. The lowest BCUT2D eigenvalue weighted by atomic mass is 10.3. The monoisotopic (exact) mass is 368 g/mol. The topological polar surface area (TPSA) is 45.8 Å². The zero-order valence-corrected chi connectivity index (χ0v) is 12.9. The lowest BCUT2D eigenvalue weighted by Gasteiger charge is -2.27. The summed E-state index contributed by atoms with van der Waals surface area (Å²) in [5, 5.41) is 0.837. The third-order valence-corrected chi connectivity index (χ3v) is 6.87. The first kappa shape index (κ1) is 12.8. The molecule has 1 aliphatic heterocycles. The summed E-state index contributed by atoms with van der Waals surface area (Å²) in [5.74, 6) is 3.16. The summed E-state index contributed by atoms with van der Waals surface area (Å²) < 4.78 is 0.697. The SMILES string of the molecule is Cc1nc(C2SCCSC2C)[nH]c(=O)c1I. The first-order valence-corrected chi connectivity index (χ1v) is 8.26. The molecule has 16 heavy (non-hydrogen) atoms. The van der Waals surface area contributed by atoms with Crippen LogP contribution in [-0.4, -0.2) is 26.7 Å². The molecule has 1 saturated heterocycles. The Balaban J connectivity index is 2.36. The van der Waals surface area contributed by atoms with Crippen LogP contribution in [0.25, 0.3) is 0 Å². The van der Waals surface area contributed by atoms with Crippen LogP contribution < -0.4 is 5.56 Å². The highest BCUT2D eigenvalue weighted by atomic mass is 127. The van der Waals surface area contributed by atoms with E-state index >= 15 is 0 Å². The first-order valence-electron chi connectivity index (χ1n) is 5.09. The van der Waals surface area contributed by atoms with Crippen molar-refractivity contribution < 1.29 is 0 Å². The fourth-order valence-electron chi connectivity index (χ4n) is 1.66. The van der Waals surface area contributed by atoms with Crippen molar-refractivity contribution >= 4 is 46.1 Å². The lowest BCUT2D eigenvalue weighted by molar-refractivity contribution is 0.801. The van der Waals surface area contributed by atoms with Gasteiger partial charge in [-0.1, -0.05) is 6.92 Å². The largest absolute Gasteiger partial charge is 0.309 e. The molecule has 0 bridgehead atoms. The molecule has 2 unspecified atom stereocenters. The molecule has 1 aliphatic rings. The zero-order valence-electron chi connectivity index (χ0n) is 9.12. The van der Waals surface area contributed by atoms with Gasteiger partial charge in [0.1, 0.15) is 5.82 Å². The van der Waals surface area contributed by atoms with Gasteiger partial charge in [0.05, 0.1) is 14.5 Å². The van der Waals surface area contributed by atoms with E-state index in [9.17, 15) is 4.79 Å². The molecule has 88 valence electrons. The lowest BCUT2D eigenvalue weighted by Crippen LogP contribution is -2.23. The predicted octanol–water partition coefficient (Wildman–Crippen LogP) is 2.59. The zero-order chi connectivity index (χ0) is 11.7. The van der Waals surface area contributed by atoms with Gasteiger partial charge >= 0.3 is 0 Å². The quantitative estimate of drug-likeness (QED) is 0.774. The maximum absolute atomic E-state index is 11.7. The molecule has 1 fully saturated rings. The van der Waals surface area contributed by atoms with Crippen molar-refractivity contribution in [2.45, 2.75) is 24.3 Å². The van der Waals surface area contributed by atoms with E-state index in [1.54, 1.807) is 0 Å². The second-order valence-corrected chi connectivity index (χ2v) is 7.53. The number of thioether (sulfide) groups is 2. The molecule has 2 rings (SSSR count). The fourth-order valence-corrected chi connectivity index (χ4v) is 4.63. The highest BCUT2D eigenvalue weighted by molar-refractivity contribution is 14.1. The molecule has 0 saturated carbocycles. The van der Waals surface area contributed by atoms with E-state index in [0.717, 1.165) is 17.3 Å². The molecule has 0 aromatic carbocycles. The van der Waals surface area contributed by atoms with E-state index in [4.69, 9.17) is 0 Å². The molecule has 3 nitrogen and oxygen atoms in total. The second-order valence-electron chi connectivity index (χ2n) is 3.72. The number of aromatic amines is 1. The summed E-state index contributed by atoms with van der Waals surface area (Å²) in [6.45, 7) is 4.10. The Labute approximate surface area is 117 Å². The van der Waals surface area contributed by atoms with Gasteiger partial charge in [0.15, 0.2) is 0 Å². The van der Waals surface area contributed by atoms with Crippen LogP contribution in [0.4, 0.5) is 0 Å². The van der Waals surface area contributed by atoms with Gasteiger partial charge in [-0.05, 0) is 29.5 Å². The summed E-state index contributed by atoms with van der Waals surface area (Å²) >= 11 is 5.89. The highest BCUT2D eigenvalue weighted by Gasteiger charge is 2.26. The number of halogens is 1. The molecular weight excluding hydrogens is 355 g/mol. The van der Waals surface area contributed by atoms with Gasteiger partial charge in [0.2, 0.25) is 0 Å². The van der Waals surface area contributed by atoms with Crippen LogP contribution in [0.3, 0.4) is 0 Å². The fraction of sp³-hybridized carbons (Fsp3) is 0.600.